The summed E-state index contributed by atoms with van der Waals surface area (Å²) in [4.78, 5) is 24.4. The van der Waals surface area contributed by atoms with Crippen molar-refractivity contribution in [3.8, 4) is 11.6 Å². The predicted molar refractivity (Wildman–Crippen MR) is 124 cm³/mol. The van der Waals surface area contributed by atoms with E-state index in [2.05, 4.69) is 10.1 Å². The van der Waals surface area contributed by atoms with Gasteiger partial charge in [-0.2, -0.15) is 5.10 Å². The predicted octanol–water partition coefficient (Wildman–Crippen LogP) is 4.53. The van der Waals surface area contributed by atoms with E-state index in [1.54, 1.807) is 18.6 Å². The van der Waals surface area contributed by atoms with Crippen LogP contribution in [0.3, 0.4) is 0 Å². The molecule has 4 aromatic rings. The van der Waals surface area contributed by atoms with E-state index in [1.165, 1.54) is 0 Å². The number of aromatic nitrogens is 4. The van der Waals surface area contributed by atoms with Gasteiger partial charge in [0.05, 0.1) is 18.4 Å². The maximum absolute atomic E-state index is 13.5. The van der Waals surface area contributed by atoms with Crippen molar-refractivity contribution in [1.29, 1.82) is 0 Å². The third-order valence-corrected chi connectivity index (χ3v) is 5.86. The van der Waals surface area contributed by atoms with Crippen molar-refractivity contribution in [2.45, 2.75) is 25.3 Å². The summed E-state index contributed by atoms with van der Waals surface area (Å²) in [5.41, 5.74) is 2.54. The summed E-state index contributed by atoms with van der Waals surface area (Å²) in [6.07, 6.45) is 8.93. The van der Waals surface area contributed by atoms with Gasteiger partial charge in [-0.3, -0.25) is 14.5 Å². The number of benzene rings is 2. The molecule has 7 nitrogen and oxygen atoms in total. The first-order chi connectivity index (χ1) is 16.3. The van der Waals surface area contributed by atoms with Gasteiger partial charge in [0.2, 0.25) is 5.88 Å². The van der Waals surface area contributed by atoms with Gasteiger partial charge in [0.25, 0.3) is 5.91 Å². The Morgan fingerprint density at radius 1 is 1.03 bits per heavy atom. The van der Waals surface area contributed by atoms with Crippen LogP contribution in [-0.2, 0) is 6.54 Å². The van der Waals surface area contributed by atoms with Gasteiger partial charge in [-0.25, -0.2) is 4.98 Å². The number of carbonyl (C=O) groups is 1. The zero-order valence-corrected chi connectivity index (χ0v) is 18.2. The molecular formula is C26H25N5O2. The fourth-order valence-corrected chi connectivity index (χ4v) is 4.23. The van der Waals surface area contributed by atoms with E-state index in [-0.39, 0.29) is 11.8 Å². The largest absolute Gasteiger partial charge is 0.437 e. The lowest BCUT2D eigenvalue weighted by Crippen LogP contribution is -2.39. The van der Waals surface area contributed by atoms with Crippen molar-refractivity contribution in [2.24, 2.45) is 0 Å². The first-order valence-electron chi connectivity index (χ1n) is 11.2. The van der Waals surface area contributed by atoms with E-state index in [0.29, 0.717) is 19.0 Å². The summed E-state index contributed by atoms with van der Waals surface area (Å²) in [5, 5.41) is 4.28. The van der Waals surface area contributed by atoms with Gasteiger partial charge in [0, 0.05) is 43.2 Å². The highest BCUT2D eigenvalue weighted by atomic mass is 16.5. The molecule has 0 radical (unpaired) electrons. The quantitative estimate of drug-likeness (QED) is 0.441. The average Bonchev–Trinajstić information content (AvgIpc) is 3.38. The molecule has 1 fully saturated rings. The van der Waals surface area contributed by atoms with Crippen LogP contribution in [0.25, 0.3) is 0 Å². The lowest BCUT2D eigenvalue weighted by molar-refractivity contribution is 0.0704. The molecule has 0 aliphatic carbocycles. The molecule has 0 saturated carbocycles. The highest BCUT2D eigenvalue weighted by Gasteiger charge is 2.28. The molecule has 1 saturated heterocycles. The Hall–Kier alpha value is -4.00. The van der Waals surface area contributed by atoms with Crippen molar-refractivity contribution >= 4 is 5.91 Å². The molecule has 0 spiro atoms. The van der Waals surface area contributed by atoms with Crippen molar-refractivity contribution in [2.75, 3.05) is 13.1 Å². The highest BCUT2D eigenvalue weighted by Crippen LogP contribution is 2.28. The van der Waals surface area contributed by atoms with Gasteiger partial charge >= 0.3 is 0 Å². The maximum atomic E-state index is 13.5. The van der Waals surface area contributed by atoms with E-state index in [1.807, 2.05) is 76.4 Å². The van der Waals surface area contributed by atoms with E-state index in [0.717, 1.165) is 42.0 Å². The minimum atomic E-state index is 0.0482. The molecule has 1 atom stereocenters. The molecule has 1 amide bonds. The number of rotatable bonds is 6. The summed E-state index contributed by atoms with van der Waals surface area (Å²) >= 11 is 0. The van der Waals surface area contributed by atoms with Gasteiger partial charge in [-0.1, -0.05) is 36.4 Å². The van der Waals surface area contributed by atoms with Crippen LogP contribution in [0.15, 0.2) is 85.5 Å². The van der Waals surface area contributed by atoms with Crippen LogP contribution in [0.4, 0.5) is 0 Å². The fourth-order valence-electron chi connectivity index (χ4n) is 4.23. The van der Waals surface area contributed by atoms with E-state index in [9.17, 15) is 4.79 Å². The van der Waals surface area contributed by atoms with Crippen molar-refractivity contribution in [1.82, 2.24) is 24.6 Å². The van der Waals surface area contributed by atoms with Crippen LogP contribution in [-0.4, -0.2) is 43.6 Å². The third kappa shape index (κ3) is 4.92. The number of para-hydroxylation sites is 1. The zero-order chi connectivity index (χ0) is 22.5. The number of likely N-dealkylation sites (tertiary alicyclic amines) is 1. The molecule has 0 bridgehead atoms. The molecule has 3 heterocycles. The first kappa shape index (κ1) is 20.9. The number of hydrogen-bond acceptors (Lipinski definition) is 5. The van der Waals surface area contributed by atoms with Gasteiger partial charge < -0.3 is 9.64 Å². The number of carbonyl (C=O) groups excluding carboxylic acids is 1. The smallest absolute Gasteiger partial charge is 0.254 e. The van der Waals surface area contributed by atoms with Gasteiger partial charge in [0.1, 0.15) is 5.75 Å². The summed E-state index contributed by atoms with van der Waals surface area (Å²) in [7, 11) is 0. The Kier molecular flexibility index (Phi) is 6.10. The molecule has 2 aromatic carbocycles. The summed E-state index contributed by atoms with van der Waals surface area (Å²) in [6, 6.07) is 19.2. The van der Waals surface area contributed by atoms with E-state index < -0.39 is 0 Å². The lowest BCUT2D eigenvalue weighted by atomic mass is 9.94. The van der Waals surface area contributed by atoms with Gasteiger partial charge in [0.15, 0.2) is 0 Å². The topological polar surface area (TPSA) is 73.1 Å². The number of ether oxygens (including phenoxy) is 1. The fraction of sp³-hybridized carbons (Fsp3) is 0.231. The van der Waals surface area contributed by atoms with Crippen molar-refractivity contribution in [3.05, 3.63) is 102 Å². The molecule has 1 unspecified atom stereocenters. The molecule has 0 N–H and O–H groups in total. The van der Waals surface area contributed by atoms with Crippen molar-refractivity contribution in [3.63, 3.8) is 0 Å². The third-order valence-electron chi connectivity index (χ3n) is 5.86. The van der Waals surface area contributed by atoms with Crippen LogP contribution in [0.1, 0.15) is 40.4 Å². The summed E-state index contributed by atoms with van der Waals surface area (Å²) < 4.78 is 7.69. The van der Waals surface area contributed by atoms with Crippen LogP contribution in [0, 0.1) is 0 Å². The Morgan fingerprint density at radius 2 is 1.88 bits per heavy atom. The number of piperidine rings is 1. The van der Waals surface area contributed by atoms with Crippen LogP contribution in [0.5, 0.6) is 11.6 Å². The Labute approximate surface area is 192 Å². The Balaban J connectivity index is 1.32. The molecule has 166 valence electrons. The zero-order valence-electron chi connectivity index (χ0n) is 18.2. The van der Waals surface area contributed by atoms with Gasteiger partial charge in [-0.15, -0.1) is 0 Å². The average molecular weight is 440 g/mol. The second-order valence-electron chi connectivity index (χ2n) is 8.15. The molecule has 33 heavy (non-hydrogen) atoms. The standard InChI is InChI=1S/C26H25N5O2/c32-26(23-12-5-4-8-20(23)19-31-15-7-13-28-31)30-14-6-9-21(18-30)24-16-27-17-25(29-24)33-22-10-2-1-3-11-22/h1-5,7-8,10-13,15-17,21H,6,9,14,18-19H2. The summed E-state index contributed by atoms with van der Waals surface area (Å²) in [5.74, 6) is 1.35. The minimum absolute atomic E-state index is 0.0482. The number of amides is 1. The van der Waals surface area contributed by atoms with E-state index >= 15 is 0 Å². The van der Waals surface area contributed by atoms with Crippen LogP contribution >= 0.6 is 0 Å². The monoisotopic (exact) mass is 439 g/mol. The first-order valence-corrected chi connectivity index (χ1v) is 11.2. The van der Waals surface area contributed by atoms with E-state index in [4.69, 9.17) is 9.72 Å². The normalized spacial score (nSPS) is 15.9. The Morgan fingerprint density at radius 3 is 2.73 bits per heavy atom. The van der Waals surface area contributed by atoms with Gasteiger partial charge in [-0.05, 0) is 42.7 Å². The number of nitrogens with zero attached hydrogens (tertiary/aromatic N) is 5. The molecule has 5 rings (SSSR count). The summed E-state index contributed by atoms with van der Waals surface area (Å²) in [6.45, 7) is 1.91. The molecule has 1 aliphatic heterocycles. The molecule has 2 aromatic heterocycles. The molecular weight excluding hydrogens is 414 g/mol. The van der Waals surface area contributed by atoms with Crippen LogP contribution < -0.4 is 4.74 Å². The second-order valence-corrected chi connectivity index (χ2v) is 8.15. The maximum Gasteiger partial charge on any atom is 0.254 e. The van der Waals surface area contributed by atoms with Crippen LogP contribution in [0.2, 0.25) is 0 Å². The Bertz CT molecular complexity index is 1210. The molecule has 7 heteroatoms. The highest BCUT2D eigenvalue weighted by molar-refractivity contribution is 5.95. The number of hydrogen-bond donors (Lipinski definition) is 0. The van der Waals surface area contributed by atoms with Crippen molar-refractivity contribution < 1.29 is 9.53 Å². The SMILES string of the molecule is O=C(c1ccccc1Cn1cccn1)N1CCCC(c2cncc(Oc3ccccc3)n2)C1. The lowest BCUT2D eigenvalue weighted by Gasteiger charge is -2.33. The minimum Gasteiger partial charge on any atom is -0.437 e. The molecule has 1 aliphatic rings. The second kappa shape index (κ2) is 9.65.